The van der Waals surface area contributed by atoms with Gasteiger partial charge in [-0.05, 0) is 0 Å². The van der Waals surface area contributed by atoms with Gasteiger partial charge in [0.25, 0.3) is 0 Å². The quantitative estimate of drug-likeness (QED) is 0.485. The number of hydrogen-bond donors (Lipinski definition) is 0. The summed E-state index contributed by atoms with van der Waals surface area (Å²) in [6, 6.07) is -21.4. The van der Waals surface area contributed by atoms with Gasteiger partial charge in [0.15, 0.2) is 0 Å². The van der Waals surface area contributed by atoms with E-state index in [1.807, 2.05) is 0 Å². The summed E-state index contributed by atoms with van der Waals surface area (Å²) in [5.41, 5.74) is 0. The smallest absolute Gasteiger partial charge is 0.318 e. The van der Waals surface area contributed by atoms with Gasteiger partial charge in [-0.15, -0.1) is 0 Å². The van der Waals surface area contributed by atoms with E-state index < -0.39 is 53.0 Å². The van der Waals surface area contributed by atoms with Crippen LogP contribution >= 0.6 is 0 Å². The topological polar surface area (TPSA) is 21.7 Å². The molecule has 0 N–H and O–H groups in total. The average molecular weight is 423 g/mol. The summed E-state index contributed by atoms with van der Waals surface area (Å²) in [6.07, 6.45) is -19.3. The second-order valence-corrected chi connectivity index (χ2v) is 4.44. The molecule has 0 atom stereocenters. The van der Waals surface area contributed by atoms with Crippen LogP contribution in [-0.2, 0) is 9.47 Å². The summed E-state index contributed by atoms with van der Waals surface area (Å²) in [5.74, 6) is -8.63. The fourth-order valence-electron chi connectivity index (χ4n) is 1.52. The van der Waals surface area contributed by atoms with E-state index in [4.69, 9.17) is 0 Å². The van der Waals surface area contributed by atoms with Crippen LogP contribution in [0.4, 0.5) is 61.5 Å². The Hall–Kier alpha value is -1.36. The molecule has 0 spiro atoms. The number of ether oxygens (including phenoxy) is 2. The van der Waals surface area contributed by atoms with Gasteiger partial charge in [-0.1, -0.05) is 4.90 Å². The summed E-state index contributed by atoms with van der Waals surface area (Å²) in [5, 5.41) is 0. The maximum Gasteiger partial charge on any atom is 0.439 e. The van der Waals surface area contributed by atoms with Gasteiger partial charge in [0.05, 0.1) is 0 Å². The molecular weight excluding hydrogens is 420 g/mol. The second kappa shape index (κ2) is 5.82. The van der Waals surface area contributed by atoms with Crippen molar-refractivity contribution in [3.8, 4) is 0 Å². The van der Waals surface area contributed by atoms with Crippen LogP contribution in [0.1, 0.15) is 0 Å². The minimum atomic E-state index is -7.14. The lowest BCUT2D eigenvalue weighted by Crippen LogP contribution is -2.77. The first kappa shape index (κ1) is 22.7. The van der Waals surface area contributed by atoms with E-state index in [1.165, 1.54) is 0 Å². The van der Waals surface area contributed by atoms with E-state index >= 15 is 0 Å². The monoisotopic (exact) mass is 423 g/mol. The van der Waals surface area contributed by atoms with Crippen LogP contribution in [0.5, 0.6) is 0 Å². The van der Waals surface area contributed by atoms with E-state index in [0.29, 0.717) is 0 Å². The third kappa shape index (κ3) is 2.98. The van der Waals surface area contributed by atoms with Crippen molar-refractivity contribution in [2.75, 3.05) is 7.11 Å². The molecule has 154 valence electrons. The number of hydrogen-bond acceptors (Lipinski definition) is 3. The molecule has 0 bridgehead atoms. The minimum Gasteiger partial charge on any atom is -0.318 e. The van der Waals surface area contributed by atoms with Crippen molar-refractivity contribution in [1.29, 1.82) is 0 Å². The van der Waals surface area contributed by atoms with Gasteiger partial charge in [-0.3, -0.25) is 0 Å². The Morgan fingerprint density at radius 1 is 0.769 bits per heavy atom. The van der Waals surface area contributed by atoms with Crippen molar-refractivity contribution < 1.29 is 70.9 Å². The predicted octanol–water partition coefficient (Wildman–Crippen LogP) is 4.67. The lowest BCUT2D eigenvalue weighted by Gasteiger charge is -2.48. The molecule has 0 aromatic rings. The molecule has 3 nitrogen and oxygen atoms in total. The Labute approximate surface area is 132 Å². The number of halogens is 14. The lowest BCUT2D eigenvalue weighted by atomic mass is 10.2. The SMILES string of the molecule is COC(F)(F)C(F)=C(F)C(F)(F)N1C(F)(F)C(F)(F)OC(F)(F)C1(F)F. The van der Waals surface area contributed by atoms with E-state index in [9.17, 15) is 61.5 Å². The number of nitrogens with zero attached hydrogens (tertiary/aromatic N) is 1. The normalized spacial score (nSPS) is 26.4. The van der Waals surface area contributed by atoms with Crippen molar-refractivity contribution in [3.05, 3.63) is 11.7 Å². The Morgan fingerprint density at radius 2 is 1.12 bits per heavy atom. The van der Waals surface area contributed by atoms with Gasteiger partial charge in [0.1, 0.15) is 0 Å². The highest BCUT2D eigenvalue weighted by Crippen LogP contribution is 2.60. The molecule has 0 aliphatic carbocycles. The van der Waals surface area contributed by atoms with Crippen LogP contribution < -0.4 is 0 Å². The van der Waals surface area contributed by atoms with Crippen molar-refractivity contribution in [2.45, 2.75) is 36.5 Å². The molecule has 26 heavy (non-hydrogen) atoms. The number of methoxy groups -OCH3 is 1. The molecule has 1 heterocycles. The third-order valence-corrected chi connectivity index (χ3v) is 2.77. The van der Waals surface area contributed by atoms with Crippen LogP contribution in [0.2, 0.25) is 0 Å². The highest BCUT2D eigenvalue weighted by molar-refractivity contribution is 5.16. The first-order valence-electron chi connectivity index (χ1n) is 5.59. The van der Waals surface area contributed by atoms with Gasteiger partial charge >= 0.3 is 36.5 Å². The maximum absolute atomic E-state index is 13.5. The summed E-state index contributed by atoms with van der Waals surface area (Å²) in [7, 11) is -0.148. The zero-order valence-corrected chi connectivity index (χ0v) is 11.6. The van der Waals surface area contributed by atoms with Crippen molar-refractivity contribution in [1.82, 2.24) is 4.90 Å². The summed E-state index contributed by atoms with van der Waals surface area (Å²) < 4.78 is 187. The lowest BCUT2D eigenvalue weighted by molar-refractivity contribution is -0.583. The molecule has 0 aromatic heterocycles. The Kier molecular flexibility index (Phi) is 5.07. The van der Waals surface area contributed by atoms with Gasteiger partial charge < -0.3 is 4.74 Å². The van der Waals surface area contributed by atoms with Crippen molar-refractivity contribution in [3.63, 3.8) is 0 Å². The van der Waals surface area contributed by atoms with Crippen LogP contribution in [0.3, 0.4) is 0 Å². The molecule has 1 rings (SSSR count). The van der Waals surface area contributed by atoms with Gasteiger partial charge in [-0.2, -0.15) is 57.1 Å². The molecule has 0 amide bonds. The van der Waals surface area contributed by atoms with E-state index in [2.05, 4.69) is 4.74 Å². The summed E-state index contributed by atoms with van der Waals surface area (Å²) in [6.45, 7) is 0. The second-order valence-electron chi connectivity index (χ2n) is 4.44. The molecule has 1 saturated heterocycles. The predicted molar refractivity (Wildman–Crippen MR) is 48.9 cm³/mol. The molecule has 1 fully saturated rings. The fraction of sp³-hybridized carbons (Fsp3) is 0.778. The van der Waals surface area contributed by atoms with Crippen LogP contribution in [-0.4, -0.2) is 48.5 Å². The zero-order chi connectivity index (χ0) is 21.1. The van der Waals surface area contributed by atoms with Gasteiger partial charge in [-0.25, -0.2) is 9.13 Å². The fourth-order valence-corrected chi connectivity index (χ4v) is 1.52. The molecule has 17 heteroatoms. The Bertz CT molecular complexity index is 573. The van der Waals surface area contributed by atoms with E-state index in [0.717, 1.165) is 0 Å². The van der Waals surface area contributed by atoms with Crippen LogP contribution in [0.25, 0.3) is 0 Å². The van der Waals surface area contributed by atoms with E-state index in [-0.39, 0.29) is 7.11 Å². The Balaban J connectivity index is 3.73. The largest absolute Gasteiger partial charge is 0.439 e. The van der Waals surface area contributed by atoms with Crippen LogP contribution in [0.15, 0.2) is 11.7 Å². The Morgan fingerprint density at radius 3 is 1.42 bits per heavy atom. The summed E-state index contributed by atoms with van der Waals surface area (Å²) >= 11 is 0. The highest BCUT2D eigenvalue weighted by atomic mass is 19.4. The molecule has 0 saturated carbocycles. The summed E-state index contributed by atoms with van der Waals surface area (Å²) in [4.78, 5) is -3.77. The average Bonchev–Trinajstić information content (AvgIpc) is 2.41. The molecule has 0 radical (unpaired) electrons. The van der Waals surface area contributed by atoms with Gasteiger partial charge in [0, 0.05) is 7.11 Å². The number of morpholine rings is 1. The molecule has 1 aliphatic rings. The first-order chi connectivity index (χ1) is 11.2. The van der Waals surface area contributed by atoms with Crippen molar-refractivity contribution >= 4 is 0 Å². The minimum absolute atomic E-state index is 0.148. The third-order valence-electron chi connectivity index (χ3n) is 2.77. The van der Waals surface area contributed by atoms with Gasteiger partial charge in [0.2, 0.25) is 11.7 Å². The molecule has 0 aromatic carbocycles. The van der Waals surface area contributed by atoms with Crippen LogP contribution in [0, 0.1) is 0 Å². The highest BCUT2D eigenvalue weighted by Gasteiger charge is 2.87. The molecular formula is C9H3F14NO2. The molecule has 1 aliphatic heterocycles. The molecule has 0 unspecified atom stereocenters. The van der Waals surface area contributed by atoms with E-state index in [1.54, 1.807) is 4.74 Å². The number of rotatable bonds is 4. The standard InChI is InChI=1S/C9H3F14NO2/c1-25-5(14,15)3(11)2(10)4(12,13)24-6(16,17)8(20,21)26-9(22,23)7(24,18)19/h1H3. The number of alkyl halides is 12. The van der Waals surface area contributed by atoms with Crippen molar-refractivity contribution in [2.24, 2.45) is 0 Å². The zero-order valence-electron chi connectivity index (χ0n) is 11.6. The maximum atomic E-state index is 13.5. The first-order valence-corrected chi connectivity index (χ1v) is 5.59.